The minimum Gasteiger partial charge on any atom is -0.493 e. The molecule has 1 aliphatic heterocycles. The maximum Gasteiger partial charge on any atom is 0.315 e. The molecule has 1 saturated heterocycles. The van der Waals surface area contributed by atoms with Crippen LogP contribution in [0.3, 0.4) is 0 Å². The lowest BCUT2D eigenvalue weighted by Crippen LogP contribution is -2.05. The first-order chi connectivity index (χ1) is 15.5. The van der Waals surface area contributed by atoms with Gasteiger partial charge in [-0.2, -0.15) is 0 Å². The van der Waals surface area contributed by atoms with E-state index in [2.05, 4.69) is 6.58 Å². The van der Waals surface area contributed by atoms with Crippen molar-refractivity contribution in [2.24, 2.45) is 0 Å². The first-order valence-corrected chi connectivity index (χ1v) is 10.0. The van der Waals surface area contributed by atoms with Crippen LogP contribution in [0.2, 0.25) is 0 Å². The molecule has 1 fully saturated rings. The molecule has 172 valence electrons. The van der Waals surface area contributed by atoms with Crippen LogP contribution in [0.1, 0.15) is 36.2 Å². The molecule has 2 aromatic rings. The minimum atomic E-state index is -0.490. The number of nitro benzene ring substituents is 1. The van der Waals surface area contributed by atoms with Crippen molar-refractivity contribution in [3.8, 4) is 28.7 Å². The minimum absolute atomic E-state index is 0.0697. The molecule has 2 unspecified atom stereocenters. The van der Waals surface area contributed by atoms with Crippen molar-refractivity contribution in [2.45, 2.75) is 25.0 Å². The monoisotopic (exact) mass is 445 g/mol. The van der Waals surface area contributed by atoms with E-state index in [0.29, 0.717) is 35.7 Å². The number of benzene rings is 2. The van der Waals surface area contributed by atoms with Crippen LogP contribution in [0, 0.1) is 10.1 Å². The second kappa shape index (κ2) is 10.2. The normalized spacial score (nSPS) is 17.5. The fourth-order valence-electron chi connectivity index (χ4n) is 3.78. The number of methoxy groups -OCH3 is 4. The highest BCUT2D eigenvalue weighted by Gasteiger charge is 2.32. The van der Waals surface area contributed by atoms with Crippen molar-refractivity contribution in [1.29, 1.82) is 0 Å². The molecule has 0 amide bonds. The van der Waals surface area contributed by atoms with Gasteiger partial charge >= 0.3 is 5.69 Å². The largest absolute Gasteiger partial charge is 0.493 e. The Morgan fingerprint density at radius 3 is 1.88 bits per heavy atom. The highest BCUT2D eigenvalue weighted by atomic mass is 16.6. The molecule has 32 heavy (non-hydrogen) atoms. The van der Waals surface area contributed by atoms with Crippen LogP contribution in [0.5, 0.6) is 28.7 Å². The van der Waals surface area contributed by atoms with Crippen LogP contribution in [0.15, 0.2) is 36.9 Å². The Labute approximate surface area is 186 Å². The molecule has 0 spiro atoms. The van der Waals surface area contributed by atoms with Gasteiger partial charge < -0.3 is 28.4 Å². The Hall–Kier alpha value is -3.46. The van der Waals surface area contributed by atoms with Gasteiger partial charge in [-0.15, -0.1) is 0 Å². The summed E-state index contributed by atoms with van der Waals surface area (Å²) in [6.45, 7) is 3.70. The van der Waals surface area contributed by atoms with E-state index in [-0.39, 0.29) is 36.0 Å². The Balaban J connectivity index is 1.92. The summed E-state index contributed by atoms with van der Waals surface area (Å²) < 4.78 is 33.4. The number of hydrogen-bond donors (Lipinski definition) is 0. The van der Waals surface area contributed by atoms with Gasteiger partial charge in [-0.05, 0) is 42.2 Å². The maximum atomic E-state index is 11.7. The Kier molecular flexibility index (Phi) is 7.42. The number of nitro groups is 1. The fourth-order valence-corrected chi connectivity index (χ4v) is 3.78. The van der Waals surface area contributed by atoms with Gasteiger partial charge in [-0.1, -0.05) is 12.7 Å². The molecule has 0 radical (unpaired) electrons. The predicted molar refractivity (Wildman–Crippen MR) is 117 cm³/mol. The van der Waals surface area contributed by atoms with Crippen LogP contribution in [-0.4, -0.2) is 40.0 Å². The van der Waals surface area contributed by atoms with E-state index in [4.69, 9.17) is 28.4 Å². The van der Waals surface area contributed by atoms with E-state index >= 15 is 0 Å². The van der Waals surface area contributed by atoms with Crippen molar-refractivity contribution in [1.82, 2.24) is 0 Å². The van der Waals surface area contributed by atoms with Crippen LogP contribution >= 0.6 is 0 Å². The Morgan fingerprint density at radius 1 is 0.938 bits per heavy atom. The molecule has 3 rings (SSSR count). The SMILES string of the molecule is C=CCOc1c(OC)cc(C2CCC(c3cc(OC)c(OC)c(OC)c3)O2)cc1[N+](=O)[O-]. The summed E-state index contributed by atoms with van der Waals surface area (Å²) in [5, 5.41) is 11.7. The number of hydrogen-bond acceptors (Lipinski definition) is 8. The molecule has 2 aromatic carbocycles. The lowest BCUT2D eigenvalue weighted by molar-refractivity contribution is -0.386. The molecule has 0 N–H and O–H groups in total. The number of rotatable bonds is 10. The molecular weight excluding hydrogens is 418 g/mol. The van der Waals surface area contributed by atoms with E-state index in [9.17, 15) is 10.1 Å². The summed E-state index contributed by atoms with van der Waals surface area (Å²) >= 11 is 0. The average molecular weight is 445 g/mol. The highest BCUT2D eigenvalue weighted by molar-refractivity contribution is 5.59. The van der Waals surface area contributed by atoms with Crippen molar-refractivity contribution in [3.05, 3.63) is 58.2 Å². The zero-order valence-corrected chi connectivity index (χ0v) is 18.6. The first-order valence-electron chi connectivity index (χ1n) is 10.0. The molecule has 1 aliphatic rings. The van der Waals surface area contributed by atoms with E-state index < -0.39 is 4.92 Å². The quantitative estimate of drug-likeness (QED) is 0.293. The molecule has 0 aromatic heterocycles. The number of ether oxygens (including phenoxy) is 6. The summed E-state index contributed by atoms with van der Waals surface area (Å²) in [6.07, 6.45) is 2.32. The second-order valence-corrected chi connectivity index (χ2v) is 7.08. The van der Waals surface area contributed by atoms with E-state index in [0.717, 1.165) is 5.56 Å². The third-order valence-corrected chi connectivity index (χ3v) is 5.27. The molecular formula is C23H27NO8. The van der Waals surface area contributed by atoms with Gasteiger partial charge in [0, 0.05) is 6.07 Å². The van der Waals surface area contributed by atoms with Gasteiger partial charge in [-0.3, -0.25) is 10.1 Å². The molecule has 2 atom stereocenters. The third-order valence-electron chi connectivity index (χ3n) is 5.27. The lowest BCUT2D eigenvalue weighted by Gasteiger charge is -2.19. The second-order valence-electron chi connectivity index (χ2n) is 7.08. The highest BCUT2D eigenvalue weighted by Crippen LogP contribution is 2.48. The van der Waals surface area contributed by atoms with Gasteiger partial charge in [0.25, 0.3) is 0 Å². The van der Waals surface area contributed by atoms with Crippen molar-refractivity contribution in [3.63, 3.8) is 0 Å². The van der Waals surface area contributed by atoms with Crippen molar-refractivity contribution < 1.29 is 33.3 Å². The molecule has 1 heterocycles. The number of nitrogens with zero attached hydrogens (tertiary/aromatic N) is 1. The van der Waals surface area contributed by atoms with Gasteiger partial charge in [0.2, 0.25) is 11.5 Å². The van der Waals surface area contributed by atoms with Gasteiger partial charge in [0.1, 0.15) is 6.61 Å². The predicted octanol–water partition coefficient (Wildman–Crippen LogP) is 4.79. The molecule has 0 aliphatic carbocycles. The molecule has 9 nitrogen and oxygen atoms in total. The first kappa shape index (κ1) is 23.2. The van der Waals surface area contributed by atoms with Crippen molar-refractivity contribution >= 4 is 5.69 Å². The van der Waals surface area contributed by atoms with Crippen LogP contribution < -0.4 is 23.7 Å². The fraction of sp³-hybridized carbons (Fsp3) is 0.391. The van der Waals surface area contributed by atoms with Crippen molar-refractivity contribution in [2.75, 3.05) is 35.0 Å². The lowest BCUT2D eigenvalue weighted by atomic mass is 10.0. The van der Waals surface area contributed by atoms with Gasteiger partial charge in [0.15, 0.2) is 17.2 Å². The molecule has 0 saturated carbocycles. The third kappa shape index (κ3) is 4.57. The zero-order valence-electron chi connectivity index (χ0n) is 18.6. The smallest absolute Gasteiger partial charge is 0.315 e. The Morgan fingerprint density at radius 2 is 1.44 bits per heavy atom. The van der Waals surface area contributed by atoms with Gasteiger partial charge in [0.05, 0.1) is 45.6 Å². The summed E-state index contributed by atoms with van der Waals surface area (Å²) in [7, 11) is 6.10. The van der Waals surface area contributed by atoms with E-state index in [1.165, 1.54) is 19.3 Å². The standard InChI is InChI=1S/C23H27NO8/c1-6-9-31-22-16(24(25)26)10-14(11-19(22)27-2)17-7-8-18(32-17)15-12-20(28-3)23(30-5)21(13-15)29-4/h6,10-13,17-18H,1,7-9H2,2-5H3. The summed E-state index contributed by atoms with van der Waals surface area (Å²) in [6, 6.07) is 6.89. The summed E-state index contributed by atoms with van der Waals surface area (Å²) in [4.78, 5) is 11.2. The van der Waals surface area contributed by atoms with Crippen LogP contribution in [-0.2, 0) is 4.74 Å². The van der Waals surface area contributed by atoms with Gasteiger partial charge in [-0.25, -0.2) is 0 Å². The Bertz CT molecular complexity index is 965. The average Bonchev–Trinajstić information content (AvgIpc) is 3.31. The maximum absolute atomic E-state index is 11.7. The van der Waals surface area contributed by atoms with Crippen LogP contribution in [0.4, 0.5) is 5.69 Å². The van der Waals surface area contributed by atoms with E-state index in [1.807, 2.05) is 12.1 Å². The topological polar surface area (TPSA) is 98.5 Å². The van der Waals surface area contributed by atoms with Crippen LogP contribution in [0.25, 0.3) is 0 Å². The van der Waals surface area contributed by atoms with E-state index in [1.54, 1.807) is 27.4 Å². The molecule has 0 bridgehead atoms. The zero-order chi connectivity index (χ0) is 23.3. The summed E-state index contributed by atoms with van der Waals surface area (Å²) in [5.41, 5.74) is 1.34. The summed E-state index contributed by atoms with van der Waals surface area (Å²) in [5.74, 6) is 1.92. The molecule has 9 heteroatoms.